The Morgan fingerprint density at radius 2 is 2.00 bits per heavy atom. The Kier molecular flexibility index (Phi) is 3.30. The van der Waals surface area contributed by atoms with Crippen LogP contribution in [0.1, 0.15) is 49.7 Å². The Bertz CT molecular complexity index is 810. The molecular weight excluding hydrogens is 341 g/mol. The SMILES string of the molecule is O=S(=O)(Cl)N=C1C[C@]23CCCC[C@]2(CCc2ccc(F)cc23)O1. The lowest BCUT2D eigenvalue weighted by atomic mass is 9.54. The molecule has 0 unspecified atom stereocenters. The lowest BCUT2D eigenvalue weighted by Gasteiger charge is -2.51. The van der Waals surface area contributed by atoms with Crippen molar-refractivity contribution in [1.29, 1.82) is 0 Å². The van der Waals surface area contributed by atoms with Crippen LogP contribution in [-0.4, -0.2) is 19.9 Å². The minimum absolute atomic E-state index is 0.166. The third-order valence-corrected chi connectivity index (χ3v) is 6.30. The van der Waals surface area contributed by atoms with Gasteiger partial charge in [-0.3, -0.25) is 0 Å². The fourth-order valence-electron chi connectivity index (χ4n) is 4.83. The van der Waals surface area contributed by atoms with E-state index in [0.29, 0.717) is 6.42 Å². The second-order valence-corrected chi connectivity index (χ2v) is 8.94. The molecule has 1 aromatic rings. The molecule has 4 nitrogen and oxygen atoms in total. The largest absolute Gasteiger partial charge is 0.473 e. The van der Waals surface area contributed by atoms with Crippen LogP contribution in [0.5, 0.6) is 0 Å². The summed E-state index contributed by atoms with van der Waals surface area (Å²) in [5.41, 5.74) is 1.22. The van der Waals surface area contributed by atoms with Gasteiger partial charge in [-0.15, -0.1) is 4.40 Å². The molecule has 1 aromatic carbocycles. The van der Waals surface area contributed by atoms with Crippen LogP contribution >= 0.6 is 10.7 Å². The van der Waals surface area contributed by atoms with Crippen LogP contribution in [0.25, 0.3) is 0 Å². The Balaban J connectivity index is 1.90. The van der Waals surface area contributed by atoms with Gasteiger partial charge in [0.2, 0.25) is 5.90 Å². The van der Waals surface area contributed by atoms with Gasteiger partial charge in [-0.05, 0) is 55.4 Å². The second kappa shape index (κ2) is 4.93. The summed E-state index contributed by atoms with van der Waals surface area (Å²) in [6.07, 6.45) is 5.70. The number of ether oxygens (including phenoxy) is 1. The molecular formula is C16H17ClFNO3S. The Labute approximate surface area is 139 Å². The van der Waals surface area contributed by atoms with Crippen molar-refractivity contribution in [3.8, 4) is 0 Å². The molecule has 7 heteroatoms. The van der Waals surface area contributed by atoms with Crippen molar-refractivity contribution in [3.05, 3.63) is 35.1 Å². The summed E-state index contributed by atoms with van der Waals surface area (Å²) >= 11 is 0. The van der Waals surface area contributed by atoms with E-state index in [9.17, 15) is 12.8 Å². The van der Waals surface area contributed by atoms with E-state index in [1.54, 1.807) is 6.07 Å². The van der Waals surface area contributed by atoms with Crippen molar-refractivity contribution in [2.75, 3.05) is 0 Å². The normalized spacial score (nSPS) is 34.4. The summed E-state index contributed by atoms with van der Waals surface area (Å²) in [5.74, 6) is -0.103. The minimum Gasteiger partial charge on any atom is -0.473 e. The first-order valence-corrected chi connectivity index (χ1v) is 10.1. The predicted molar refractivity (Wildman–Crippen MR) is 85.5 cm³/mol. The monoisotopic (exact) mass is 357 g/mol. The topological polar surface area (TPSA) is 55.7 Å². The smallest absolute Gasteiger partial charge is 0.342 e. The molecule has 0 amide bonds. The van der Waals surface area contributed by atoms with Gasteiger partial charge in [-0.25, -0.2) is 4.39 Å². The lowest BCUT2D eigenvalue weighted by molar-refractivity contribution is -0.0325. The molecule has 1 aliphatic heterocycles. The van der Waals surface area contributed by atoms with Gasteiger partial charge in [0, 0.05) is 22.5 Å². The van der Waals surface area contributed by atoms with Crippen LogP contribution in [-0.2, 0) is 25.8 Å². The zero-order chi connectivity index (χ0) is 16.3. The molecule has 1 saturated heterocycles. The number of fused-ring (bicyclic) bond motifs is 1. The van der Waals surface area contributed by atoms with Gasteiger partial charge in [0.25, 0.3) is 0 Å². The van der Waals surface area contributed by atoms with Crippen molar-refractivity contribution >= 4 is 25.8 Å². The summed E-state index contributed by atoms with van der Waals surface area (Å²) in [6.45, 7) is 0. The summed E-state index contributed by atoms with van der Waals surface area (Å²) in [6, 6.07) is 4.92. The van der Waals surface area contributed by atoms with Crippen LogP contribution in [0.15, 0.2) is 22.6 Å². The number of aryl methyl sites for hydroxylation is 1. The van der Waals surface area contributed by atoms with Gasteiger partial charge in [0.15, 0.2) is 0 Å². The lowest BCUT2D eigenvalue weighted by Crippen LogP contribution is -2.53. The fraction of sp³-hybridized carbons (Fsp3) is 0.562. The first kappa shape index (κ1) is 15.4. The molecule has 0 bridgehead atoms. The van der Waals surface area contributed by atoms with Gasteiger partial charge in [0.05, 0.1) is 0 Å². The van der Waals surface area contributed by atoms with Crippen molar-refractivity contribution in [2.24, 2.45) is 4.40 Å². The molecule has 2 atom stereocenters. The fourth-order valence-corrected chi connectivity index (χ4v) is 5.41. The van der Waals surface area contributed by atoms with Crippen LogP contribution < -0.4 is 0 Å². The van der Waals surface area contributed by atoms with E-state index in [4.69, 9.17) is 15.4 Å². The van der Waals surface area contributed by atoms with Gasteiger partial charge in [-0.1, -0.05) is 12.5 Å². The predicted octanol–water partition coefficient (Wildman–Crippen LogP) is 3.62. The number of rotatable bonds is 1. The number of benzene rings is 1. The minimum atomic E-state index is -4.02. The third kappa shape index (κ3) is 2.30. The molecule has 1 heterocycles. The van der Waals surface area contributed by atoms with Gasteiger partial charge < -0.3 is 4.74 Å². The third-order valence-electron chi connectivity index (χ3n) is 5.67. The Morgan fingerprint density at radius 3 is 2.78 bits per heavy atom. The molecule has 4 rings (SSSR count). The number of hydrogen-bond donors (Lipinski definition) is 0. The Hall–Kier alpha value is -1.14. The molecule has 0 spiro atoms. The van der Waals surface area contributed by atoms with E-state index in [1.165, 1.54) is 6.07 Å². The molecule has 0 radical (unpaired) electrons. The summed E-state index contributed by atoms with van der Waals surface area (Å²) < 4.78 is 46.2. The standard InChI is InChI=1S/C16H17ClFNO3S/c17-23(20,21)19-14-10-15-6-1-2-7-16(15,22-14)8-5-11-3-4-12(18)9-13(11)15/h3-4,9H,1-2,5-8,10H2/t15-,16+/m0/s1. The van der Waals surface area contributed by atoms with E-state index in [1.807, 2.05) is 6.07 Å². The summed E-state index contributed by atoms with van der Waals surface area (Å²) in [5, 5.41) is 0. The molecule has 2 fully saturated rings. The molecule has 3 aliphatic rings. The number of nitrogens with zero attached hydrogens (tertiary/aromatic N) is 1. The number of hydrogen-bond acceptors (Lipinski definition) is 3. The van der Waals surface area contributed by atoms with Crippen molar-refractivity contribution in [3.63, 3.8) is 0 Å². The molecule has 124 valence electrons. The highest BCUT2D eigenvalue weighted by molar-refractivity contribution is 8.12. The molecule has 23 heavy (non-hydrogen) atoms. The van der Waals surface area contributed by atoms with Gasteiger partial charge in [-0.2, -0.15) is 8.42 Å². The van der Waals surface area contributed by atoms with E-state index in [0.717, 1.165) is 49.7 Å². The zero-order valence-electron chi connectivity index (χ0n) is 12.5. The maximum atomic E-state index is 13.9. The first-order chi connectivity index (χ1) is 10.8. The van der Waals surface area contributed by atoms with Crippen LogP contribution in [0, 0.1) is 5.82 Å². The van der Waals surface area contributed by atoms with Crippen molar-refractivity contribution in [2.45, 2.75) is 56.0 Å². The van der Waals surface area contributed by atoms with Crippen molar-refractivity contribution < 1.29 is 17.5 Å². The molecule has 1 saturated carbocycles. The molecule has 0 aromatic heterocycles. The quantitative estimate of drug-likeness (QED) is 0.721. The van der Waals surface area contributed by atoms with E-state index >= 15 is 0 Å². The highest BCUT2D eigenvalue weighted by Crippen LogP contribution is 2.60. The highest BCUT2D eigenvalue weighted by Gasteiger charge is 2.63. The maximum Gasteiger partial charge on any atom is 0.342 e. The van der Waals surface area contributed by atoms with Gasteiger partial charge in [0.1, 0.15) is 11.4 Å². The molecule has 0 N–H and O–H groups in total. The van der Waals surface area contributed by atoms with Crippen molar-refractivity contribution in [1.82, 2.24) is 0 Å². The zero-order valence-corrected chi connectivity index (χ0v) is 14.1. The summed E-state index contributed by atoms with van der Waals surface area (Å²) in [4.78, 5) is 0. The Morgan fingerprint density at radius 1 is 1.22 bits per heavy atom. The van der Waals surface area contributed by atoms with Crippen LogP contribution in [0.3, 0.4) is 0 Å². The number of halogens is 2. The van der Waals surface area contributed by atoms with E-state index in [-0.39, 0.29) is 17.1 Å². The maximum absolute atomic E-state index is 13.9. The second-order valence-electron chi connectivity index (χ2n) is 6.76. The average Bonchev–Trinajstić information content (AvgIpc) is 2.79. The van der Waals surface area contributed by atoms with Crippen LogP contribution in [0.2, 0.25) is 0 Å². The summed E-state index contributed by atoms with van der Waals surface area (Å²) in [7, 11) is 1.25. The first-order valence-electron chi connectivity index (χ1n) is 7.85. The van der Waals surface area contributed by atoms with Crippen LogP contribution in [0.4, 0.5) is 4.39 Å². The average molecular weight is 358 g/mol. The van der Waals surface area contributed by atoms with E-state index in [2.05, 4.69) is 4.40 Å². The highest BCUT2D eigenvalue weighted by atomic mass is 35.7. The van der Waals surface area contributed by atoms with Gasteiger partial charge >= 0.3 is 9.24 Å². The molecule has 2 aliphatic carbocycles. The van der Waals surface area contributed by atoms with E-state index < -0.39 is 14.8 Å².